The molecular formula is C22H37N5. The second-order valence-electron chi connectivity index (χ2n) is 8.92. The second kappa shape index (κ2) is 8.78. The van der Waals surface area contributed by atoms with Crippen molar-refractivity contribution in [1.82, 2.24) is 10.6 Å². The molecule has 27 heavy (non-hydrogen) atoms. The van der Waals surface area contributed by atoms with Gasteiger partial charge in [-0.05, 0) is 56.1 Å². The molecule has 4 aliphatic rings. The van der Waals surface area contributed by atoms with Gasteiger partial charge in [-0.2, -0.15) is 0 Å². The average Bonchev–Trinajstić information content (AvgIpc) is 2.98. The molecule has 0 bridgehead atoms. The molecule has 1 heterocycles. The molecule has 0 aromatic rings. The van der Waals surface area contributed by atoms with Crippen LogP contribution < -0.4 is 22.1 Å². The van der Waals surface area contributed by atoms with Gasteiger partial charge < -0.3 is 16.8 Å². The Hall–Kier alpha value is -1.33. The maximum atomic E-state index is 6.56. The minimum absolute atomic E-state index is 0.218. The zero-order chi connectivity index (χ0) is 18.6. The van der Waals surface area contributed by atoms with E-state index in [0.29, 0.717) is 17.9 Å². The Kier molecular flexibility index (Phi) is 6.18. The van der Waals surface area contributed by atoms with E-state index in [0.717, 1.165) is 29.9 Å². The van der Waals surface area contributed by atoms with E-state index in [-0.39, 0.29) is 12.3 Å². The highest BCUT2D eigenvalue weighted by molar-refractivity contribution is 5.86. The van der Waals surface area contributed by atoms with Crippen LogP contribution in [0.2, 0.25) is 0 Å². The maximum absolute atomic E-state index is 6.56. The summed E-state index contributed by atoms with van der Waals surface area (Å²) >= 11 is 0. The minimum Gasteiger partial charge on any atom is -0.399 e. The molecule has 0 aromatic carbocycles. The number of rotatable bonds is 3. The Morgan fingerprint density at radius 1 is 1.04 bits per heavy atom. The topological polar surface area (TPSA) is 88.5 Å². The molecule has 4 rings (SSSR count). The lowest BCUT2D eigenvalue weighted by molar-refractivity contribution is 0.221. The Morgan fingerprint density at radius 3 is 2.56 bits per heavy atom. The maximum Gasteiger partial charge on any atom is 0.104 e. The van der Waals surface area contributed by atoms with Crippen LogP contribution in [0.25, 0.3) is 0 Å². The highest BCUT2D eigenvalue weighted by atomic mass is 15.2. The third-order valence-corrected chi connectivity index (χ3v) is 7.05. The number of hydrogen-bond acceptors (Lipinski definition) is 5. The summed E-state index contributed by atoms with van der Waals surface area (Å²) in [5, 5.41) is 7.55. The van der Waals surface area contributed by atoms with Gasteiger partial charge >= 0.3 is 0 Å². The van der Waals surface area contributed by atoms with Crippen molar-refractivity contribution in [2.24, 2.45) is 28.3 Å². The normalized spacial score (nSPS) is 33.8. The molecule has 0 saturated heterocycles. The lowest BCUT2D eigenvalue weighted by Crippen LogP contribution is -2.58. The third-order valence-electron chi connectivity index (χ3n) is 7.05. The fourth-order valence-corrected chi connectivity index (χ4v) is 5.45. The SMILES string of the molecule is NC1=C(C(N)NC2=NC(C3CCCCCC3)NC3CCCCC23)CCC=C1. The van der Waals surface area contributed by atoms with Gasteiger partial charge in [-0.3, -0.25) is 10.3 Å². The van der Waals surface area contributed by atoms with Crippen LogP contribution >= 0.6 is 0 Å². The van der Waals surface area contributed by atoms with Crippen molar-refractivity contribution in [1.29, 1.82) is 0 Å². The first-order chi connectivity index (χ1) is 13.2. The Bertz CT molecular complexity index is 600. The molecule has 4 unspecified atom stereocenters. The first kappa shape index (κ1) is 19.0. The van der Waals surface area contributed by atoms with Gasteiger partial charge in [0.2, 0.25) is 0 Å². The van der Waals surface area contributed by atoms with Crippen molar-refractivity contribution in [2.45, 2.75) is 95.4 Å². The number of nitrogens with two attached hydrogens (primary N) is 2. The van der Waals surface area contributed by atoms with Crippen molar-refractivity contribution >= 4 is 5.84 Å². The summed E-state index contributed by atoms with van der Waals surface area (Å²) in [6.07, 6.45) is 19.3. The number of amidine groups is 1. The van der Waals surface area contributed by atoms with Crippen LogP contribution in [-0.2, 0) is 0 Å². The van der Waals surface area contributed by atoms with Crippen LogP contribution in [0.4, 0.5) is 0 Å². The summed E-state index contributed by atoms with van der Waals surface area (Å²) in [4.78, 5) is 5.22. The largest absolute Gasteiger partial charge is 0.399 e. The van der Waals surface area contributed by atoms with Crippen molar-refractivity contribution in [3.63, 3.8) is 0 Å². The van der Waals surface area contributed by atoms with Gasteiger partial charge in [-0.15, -0.1) is 0 Å². The highest BCUT2D eigenvalue weighted by Gasteiger charge is 2.38. The Morgan fingerprint density at radius 2 is 1.78 bits per heavy atom. The molecule has 0 radical (unpaired) electrons. The molecule has 0 spiro atoms. The summed E-state index contributed by atoms with van der Waals surface area (Å²) in [6, 6.07) is 0.553. The van der Waals surface area contributed by atoms with Crippen LogP contribution in [-0.4, -0.2) is 24.2 Å². The monoisotopic (exact) mass is 371 g/mol. The number of allylic oxidation sites excluding steroid dienone is 2. The number of hydrogen-bond donors (Lipinski definition) is 4. The van der Waals surface area contributed by atoms with Crippen molar-refractivity contribution < 1.29 is 0 Å². The molecule has 3 aliphatic carbocycles. The van der Waals surface area contributed by atoms with E-state index in [1.54, 1.807) is 0 Å². The molecule has 5 nitrogen and oxygen atoms in total. The van der Waals surface area contributed by atoms with Crippen LogP contribution in [0, 0.1) is 11.8 Å². The summed E-state index contributed by atoms with van der Waals surface area (Å²) < 4.78 is 0. The molecule has 0 aromatic heterocycles. The molecule has 4 atom stereocenters. The standard InChI is InChI=1S/C22H37N5/c23-18-13-7-5-11-16(18)20(24)26-22-17-12-6-8-14-19(17)25-21(27-22)15-9-3-1-2-4-10-15/h7,13,15,17,19-21,25H,1-6,8-12,14,23-24H2,(H,26,27). The van der Waals surface area contributed by atoms with Gasteiger partial charge in [0.05, 0.1) is 6.17 Å². The predicted molar refractivity (Wildman–Crippen MR) is 112 cm³/mol. The fraction of sp³-hybridized carbons (Fsp3) is 0.773. The van der Waals surface area contributed by atoms with Gasteiger partial charge in [-0.1, -0.05) is 44.6 Å². The molecule has 6 N–H and O–H groups in total. The Labute approximate surface area is 164 Å². The van der Waals surface area contributed by atoms with E-state index in [4.69, 9.17) is 16.5 Å². The van der Waals surface area contributed by atoms with Crippen molar-refractivity contribution in [2.75, 3.05) is 0 Å². The first-order valence-corrected chi connectivity index (χ1v) is 11.2. The molecule has 2 fully saturated rings. The molecule has 1 aliphatic heterocycles. The van der Waals surface area contributed by atoms with Gasteiger partial charge in [0, 0.05) is 17.7 Å². The second-order valence-corrected chi connectivity index (χ2v) is 8.92. The Balaban J connectivity index is 1.53. The van der Waals surface area contributed by atoms with E-state index in [1.165, 1.54) is 64.2 Å². The summed E-state index contributed by atoms with van der Waals surface area (Å²) in [7, 11) is 0. The molecule has 5 heteroatoms. The van der Waals surface area contributed by atoms with E-state index in [1.807, 2.05) is 6.08 Å². The van der Waals surface area contributed by atoms with Crippen LogP contribution in [0.15, 0.2) is 28.4 Å². The van der Waals surface area contributed by atoms with Gasteiger partial charge in [0.15, 0.2) is 0 Å². The number of fused-ring (bicyclic) bond motifs is 1. The smallest absolute Gasteiger partial charge is 0.104 e. The lowest BCUT2D eigenvalue weighted by atomic mass is 9.81. The van der Waals surface area contributed by atoms with Crippen LogP contribution in [0.5, 0.6) is 0 Å². The average molecular weight is 372 g/mol. The number of aliphatic imine (C=N–C) groups is 1. The number of nitrogens with zero attached hydrogens (tertiary/aromatic N) is 1. The molecule has 2 saturated carbocycles. The third kappa shape index (κ3) is 4.40. The lowest BCUT2D eigenvalue weighted by Gasteiger charge is -2.42. The van der Waals surface area contributed by atoms with Crippen molar-refractivity contribution in [3.8, 4) is 0 Å². The minimum atomic E-state index is -0.218. The van der Waals surface area contributed by atoms with Crippen LogP contribution in [0.1, 0.15) is 77.0 Å². The summed E-state index contributed by atoms with van der Waals surface area (Å²) in [5.41, 5.74) is 14.7. The number of nitrogens with one attached hydrogen (secondary N) is 2. The molecule has 0 amide bonds. The van der Waals surface area contributed by atoms with Gasteiger partial charge in [0.25, 0.3) is 0 Å². The van der Waals surface area contributed by atoms with Gasteiger partial charge in [0.1, 0.15) is 12.0 Å². The van der Waals surface area contributed by atoms with Crippen LogP contribution in [0.3, 0.4) is 0 Å². The van der Waals surface area contributed by atoms with Crippen molar-refractivity contribution in [3.05, 3.63) is 23.4 Å². The molecular weight excluding hydrogens is 334 g/mol. The molecule has 150 valence electrons. The quantitative estimate of drug-likeness (QED) is 0.453. The first-order valence-electron chi connectivity index (χ1n) is 11.2. The highest BCUT2D eigenvalue weighted by Crippen LogP contribution is 2.33. The fourth-order valence-electron chi connectivity index (χ4n) is 5.45. The zero-order valence-corrected chi connectivity index (χ0v) is 16.6. The summed E-state index contributed by atoms with van der Waals surface area (Å²) in [6.45, 7) is 0. The summed E-state index contributed by atoms with van der Waals surface area (Å²) in [5.74, 6) is 2.30. The van der Waals surface area contributed by atoms with E-state index in [2.05, 4.69) is 16.7 Å². The van der Waals surface area contributed by atoms with Gasteiger partial charge in [-0.25, -0.2) is 0 Å². The van der Waals surface area contributed by atoms with E-state index in [9.17, 15) is 0 Å². The zero-order valence-electron chi connectivity index (χ0n) is 16.6. The van der Waals surface area contributed by atoms with E-state index < -0.39 is 0 Å². The van der Waals surface area contributed by atoms with E-state index >= 15 is 0 Å². The predicted octanol–water partition coefficient (Wildman–Crippen LogP) is 3.28.